The summed E-state index contributed by atoms with van der Waals surface area (Å²) in [5.41, 5.74) is 2.48. The maximum atomic E-state index is 12.2. The largest absolute Gasteiger partial charge is 0.323 e. The molecule has 0 saturated carbocycles. The number of anilines is 2. The van der Waals surface area contributed by atoms with E-state index in [1.807, 2.05) is 17.5 Å². The molecule has 0 fully saturated rings. The van der Waals surface area contributed by atoms with Crippen LogP contribution in [0, 0.1) is 0 Å². The van der Waals surface area contributed by atoms with Crippen molar-refractivity contribution >= 4 is 40.2 Å². The van der Waals surface area contributed by atoms with E-state index in [0.29, 0.717) is 28.4 Å². The van der Waals surface area contributed by atoms with E-state index in [2.05, 4.69) is 20.7 Å². The van der Waals surface area contributed by atoms with Crippen molar-refractivity contribution in [2.45, 2.75) is 6.92 Å². The van der Waals surface area contributed by atoms with Crippen molar-refractivity contribution in [1.82, 2.24) is 14.6 Å². The molecule has 3 aromatic heterocycles. The van der Waals surface area contributed by atoms with E-state index in [0.717, 1.165) is 4.88 Å². The number of hydrogen-bond donors (Lipinski definition) is 2. The van der Waals surface area contributed by atoms with Crippen LogP contribution in [-0.4, -0.2) is 26.4 Å². The molecular weight excluding hydrogens is 362 g/mol. The average molecular weight is 377 g/mol. The molecule has 4 rings (SSSR count). The molecule has 0 unspecified atom stereocenters. The minimum atomic E-state index is -0.386. The normalized spacial score (nSPS) is 10.7. The van der Waals surface area contributed by atoms with Crippen LogP contribution in [0.2, 0.25) is 0 Å². The molecule has 0 aliphatic rings. The van der Waals surface area contributed by atoms with E-state index in [-0.39, 0.29) is 11.8 Å². The number of fused-ring (bicyclic) bond motifs is 1. The van der Waals surface area contributed by atoms with Gasteiger partial charge in [-0.05, 0) is 54.8 Å². The quantitative estimate of drug-likeness (QED) is 0.519. The molecule has 0 saturated heterocycles. The number of amides is 2. The standard InChI is InChI=1S/C19H15N5O2S/c1-12(25)13-4-6-14(7-5-13)20-19(26)21-15-8-9-17-22-18(23-24(17)11-15)16-3-2-10-27-16/h2-11H,1H3,(H2,20,21,26). The molecule has 27 heavy (non-hydrogen) atoms. The lowest BCUT2D eigenvalue weighted by Gasteiger charge is -2.08. The Labute approximate surface area is 158 Å². The third kappa shape index (κ3) is 3.70. The number of nitrogens with zero attached hydrogens (tertiary/aromatic N) is 3. The zero-order valence-electron chi connectivity index (χ0n) is 14.3. The van der Waals surface area contributed by atoms with E-state index in [1.165, 1.54) is 6.92 Å². The van der Waals surface area contributed by atoms with Gasteiger partial charge in [-0.15, -0.1) is 16.4 Å². The molecule has 2 amide bonds. The van der Waals surface area contributed by atoms with Crippen molar-refractivity contribution in [3.63, 3.8) is 0 Å². The second-order valence-corrected chi connectivity index (χ2v) is 6.79. The summed E-state index contributed by atoms with van der Waals surface area (Å²) in [5.74, 6) is 0.631. The summed E-state index contributed by atoms with van der Waals surface area (Å²) in [5, 5.41) is 11.9. The molecule has 0 bridgehead atoms. The van der Waals surface area contributed by atoms with E-state index in [1.54, 1.807) is 58.4 Å². The van der Waals surface area contributed by atoms with Crippen LogP contribution in [0.1, 0.15) is 17.3 Å². The molecule has 134 valence electrons. The zero-order chi connectivity index (χ0) is 18.8. The number of carbonyl (C=O) groups excluding carboxylic acids is 2. The highest BCUT2D eigenvalue weighted by Gasteiger charge is 2.09. The minimum absolute atomic E-state index is 0.0194. The van der Waals surface area contributed by atoms with Gasteiger partial charge in [0.25, 0.3) is 0 Å². The highest BCUT2D eigenvalue weighted by atomic mass is 32.1. The monoisotopic (exact) mass is 377 g/mol. The first-order chi connectivity index (χ1) is 13.1. The van der Waals surface area contributed by atoms with Crippen LogP contribution in [0.3, 0.4) is 0 Å². The van der Waals surface area contributed by atoms with E-state index in [9.17, 15) is 9.59 Å². The molecule has 0 radical (unpaired) electrons. The van der Waals surface area contributed by atoms with Crippen LogP contribution in [0.15, 0.2) is 60.1 Å². The Bertz CT molecular complexity index is 1120. The zero-order valence-corrected chi connectivity index (χ0v) is 15.2. The number of pyridine rings is 1. The maximum Gasteiger partial charge on any atom is 0.323 e. The van der Waals surface area contributed by atoms with Gasteiger partial charge in [-0.25, -0.2) is 14.3 Å². The molecule has 0 spiro atoms. The summed E-state index contributed by atoms with van der Waals surface area (Å²) < 4.78 is 1.63. The van der Waals surface area contributed by atoms with E-state index >= 15 is 0 Å². The maximum absolute atomic E-state index is 12.2. The van der Waals surface area contributed by atoms with Gasteiger partial charge in [0.15, 0.2) is 17.3 Å². The van der Waals surface area contributed by atoms with Gasteiger partial charge in [-0.2, -0.15) is 0 Å². The first kappa shape index (κ1) is 16.9. The lowest BCUT2D eigenvalue weighted by Crippen LogP contribution is -2.19. The number of carbonyl (C=O) groups is 2. The molecule has 8 heteroatoms. The number of aromatic nitrogens is 3. The number of hydrogen-bond acceptors (Lipinski definition) is 5. The Kier molecular flexibility index (Phi) is 4.39. The van der Waals surface area contributed by atoms with Crippen molar-refractivity contribution in [3.05, 3.63) is 65.7 Å². The topological polar surface area (TPSA) is 88.4 Å². The Morgan fingerprint density at radius 2 is 1.74 bits per heavy atom. The SMILES string of the molecule is CC(=O)c1ccc(NC(=O)Nc2ccc3nc(-c4cccs4)nn3c2)cc1. The lowest BCUT2D eigenvalue weighted by molar-refractivity contribution is 0.101. The van der Waals surface area contributed by atoms with Gasteiger partial charge < -0.3 is 10.6 Å². The first-order valence-electron chi connectivity index (χ1n) is 8.18. The molecular formula is C19H15N5O2S. The van der Waals surface area contributed by atoms with Crippen LogP contribution in [0.4, 0.5) is 16.2 Å². The molecule has 3 heterocycles. The molecule has 2 N–H and O–H groups in total. The van der Waals surface area contributed by atoms with Gasteiger partial charge >= 0.3 is 6.03 Å². The number of rotatable bonds is 4. The van der Waals surface area contributed by atoms with Crippen LogP contribution in [-0.2, 0) is 0 Å². The van der Waals surface area contributed by atoms with Crippen molar-refractivity contribution in [3.8, 4) is 10.7 Å². The number of benzene rings is 1. The summed E-state index contributed by atoms with van der Waals surface area (Å²) in [7, 11) is 0. The average Bonchev–Trinajstić information content (AvgIpc) is 3.31. The predicted octanol–water partition coefficient (Wildman–Crippen LogP) is 4.30. The van der Waals surface area contributed by atoms with E-state index in [4.69, 9.17) is 0 Å². The third-order valence-electron chi connectivity index (χ3n) is 3.88. The van der Waals surface area contributed by atoms with Crippen LogP contribution < -0.4 is 10.6 Å². The van der Waals surface area contributed by atoms with Gasteiger partial charge in [0.1, 0.15) is 0 Å². The number of nitrogens with one attached hydrogen (secondary N) is 2. The number of ketones is 1. The van der Waals surface area contributed by atoms with Gasteiger partial charge in [-0.1, -0.05) is 6.07 Å². The minimum Gasteiger partial charge on any atom is -0.308 e. The fourth-order valence-corrected chi connectivity index (χ4v) is 3.20. The summed E-state index contributed by atoms with van der Waals surface area (Å²) in [6.07, 6.45) is 1.71. The first-order valence-corrected chi connectivity index (χ1v) is 9.06. The highest BCUT2D eigenvalue weighted by Crippen LogP contribution is 2.22. The summed E-state index contributed by atoms with van der Waals surface area (Å²) in [6, 6.07) is 13.8. The van der Waals surface area contributed by atoms with Gasteiger partial charge in [0.2, 0.25) is 0 Å². The molecule has 4 aromatic rings. The van der Waals surface area contributed by atoms with Crippen molar-refractivity contribution in [2.75, 3.05) is 10.6 Å². The number of urea groups is 1. The summed E-state index contributed by atoms with van der Waals surface area (Å²) in [6.45, 7) is 1.50. The van der Waals surface area contributed by atoms with E-state index < -0.39 is 0 Å². The fraction of sp³-hybridized carbons (Fsp3) is 0.0526. The van der Waals surface area contributed by atoms with Crippen molar-refractivity contribution in [2.24, 2.45) is 0 Å². The van der Waals surface area contributed by atoms with Gasteiger partial charge in [-0.3, -0.25) is 4.79 Å². The number of thiophene rings is 1. The Morgan fingerprint density at radius 1 is 1.00 bits per heavy atom. The molecule has 0 atom stereocenters. The van der Waals surface area contributed by atoms with Crippen molar-refractivity contribution < 1.29 is 9.59 Å². The summed E-state index contributed by atoms with van der Waals surface area (Å²) in [4.78, 5) is 28.9. The van der Waals surface area contributed by atoms with Crippen LogP contribution >= 0.6 is 11.3 Å². The van der Waals surface area contributed by atoms with Crippen molar-refractivity contribution in [1.29, 1.82) is 0 Å². The number of Topliss-reactive ketones (excluding diaryl/α,β-unsaturated/α-hetero) is 1. The second-order valence-electron chi connectivity index (χ2n) is 5.85. The lowest BCUT2D eigenvalue weighted by atomic mass is 10.1. The Balaban J connectivity index is 1.47. The van der Waals surface area contributed by atoms with Gasteiger partial charge in [0, 0.05) is 11.3 Å². The molecule has 1 aromatic carbocycles. The van der Waals surface area contributed by atoms with Crippen LogP contribution in [0.25, 0.3) is 16.3 Å². The predicted molar refractivity (Wildman–Crippen MR) is 105 cm³/mol. The summed E-state index contributed by atoms with van der Waals surface area (Å²) >= 11 is 1.57. The Morgan fingerprint density at radius 3 is 2.44 bits per heavy atom. The molecule has 0 aliphatic carbocycles. The smallest absolute Gasteiger partial charge is 0.308 e. The molecule has 7 nitrogen and oxygen atoms in total. The van der Waals surface area contributed by atoms with Crippen LogP contribution in [0.5, 0.6) is 0 Å². The third-order valence-corrected chi connectivity index (χ3v) is 4.75. The fourth-order valence-electron chi connectivity index (χ4n) is 2.55. The second kappa shape index (κ2) is 7.00. The molecule has 0 aliphatic heterocycles. The van der Waals surface area contributed by atoms with Gasteiger partial charge in [0.05, 0.1) is 16.8 Å². The highest BCUT2D eigenvalue weighted by molar-refractivity contribution is 7.13. The Hall–Kier alpha value is -3.52.